The molecule has 1 aromatic heterocycles. The molecule has 8 nitrogen and oxygen atoms in total. The van der Waals surface area contributed by atoms with E-state index < -0.39 is 11.8 Å². The summed E-state index contributed by atoms with van der Waals surface area (Å²) in [5.74, 6) is -1.61. The van der Waals surface area contributed by atoms with E-state index in [-0.39, 0.29) is 23.6 Å². The van der Waals surface area contributed by atoms with Gasteiger partial charge in [0.15, 0.2) is 5.13 Å². The Morgan fingerprint density at radius 1 is 0.929 bits per heavy atom. The fourth-order valence-electron chi connectivity index (χ4n) is 2.27. The van der Waals surface area contributed by atoms with Gasteiger partial charge >= 0.3 is 0 Å². The number of para-hydroxylation sites is 1. The highest BCUT2D eigenvalue weighted by atomic mass is 32.1. The number of nitrogens with zero attached hydrogens (tertiary/aromatic N) is 1. The van der Waals surface area contributed by atoms with E-state index in [9.17, 15) is 19.5 Å². The maximum absolute atomic E-state index is 12.1. The second-order valence-corrected chi connectivity index (χ2v) is 6.52. The van der Waals surface area contributed by atoms with Gasteiger partial charge in [0.2, 0.25) is 5.91 Å². The Morgan fingerprint density at radius 2 is 1.64 bits per heavy atom. The van der Waals surface area contributed by atoms with Crippen molar-refractivity contribution in [3.63, 3.8) is 0 Å². The smallest absolute Gasteiger partial charge is 0.273 e. The molecule has 3 rings (SSSR count). The van der Waals surface area contributed by atoms with Crippen LogP contribution in [0.25, 0.3) is 0 Å². The summed E-state index contributed by atoms with van der Waals surface area (Å²) in [6.45, 7) is 0. The molecule has 2 aromatic carbocycles. The third-order valence-corrected chi connectivity index (χ3v) is 4.42. The predicted octanol–water partition coefficient (Wildman–Crippen LogP) is 2.10. The molecule has 0 aliphatic heterocycles. The molecule has 9 heteroatoms. The van der Waals surface area contributed by atoms with Crippen LogP contribution in [0.5, 0.6) is 5.75 Å². The number of phenolic OH excluding ortho intramolecular Hbond substituents is 1. The topological polar surface area (TPSA) is 120 Å². The van der Waals surface area contributed by atoms with Gasteiger partial charge in [-0.25, -0.2) is 4.98 Å². The van der Waals surface area contributed by atoms with Crippen molar-refractivity contribution >= 4 is 34.2 Å². The SMILES string of the molecule is O=C(Cc1csc(NC(=O)c2ccccc2)n1)NNC(=O)c1ccccc1O. The van der Waals surface area contributed by atoms with Gasteiger partial charge in [-0.3, -0.25) is 30.6 Å². The van der Waals surface area contributed by atoms with Gasteiger partial charge < -0.3 is 5.11 Å². The van der Waals surface area contributed by atoms with Crippen LogP contribution in [-0.4, -0.2) is 27.8 Å². The average molecular weight is 396 g/mol. The normalized spacial score (nSPS) is 10.1. The predicted molar refractivity (Wildman–Crippen MR) is 104 cm³/mol. The van der Waals surface area contributed by atoms with E-state index in [2.05, 4.69) is 21.2 Å². The number of hydrogen-bond acceptors (Lipinski definition) is 6. The number of rotatable bonds is 5. The molecule has 3 amide bonds. The van der Waals surface area contributed by atoms with Crippen molar-refractivity contribution in [3.05, 3.63) is 76.8 Å². The maximum atomic E-state index is 12.1. The number of carbonyl (C=O) groups is 3. The second kappa shape index (κ2) is 8.78. The molecule has 28 heavy (non-hydrogen) atoms. The molecule has 0 saturated carbocycles. The maximum Gasteiger partial charge on any atom is 0.273 e. The molecule has 0 radical (unpaired) electrons. The lowest BCUT2D eigenvalue weighted by atomic mass is 10.2. The number of thiazole rings is 1. The van der Waals surface area contributed by atoms with Crippen LogP contribution in [0.3, 0.4) is 0 Å². The number of aromatic nitrogens is 1. The van der Waals surface area contributed by atoms with Crippen LogP contribution in [0.1, 0.15) is 26.4 Å². The summed E-state index contributed by atoms with van der Waals surface area (Å²) in [5.41, 5.74) is 5.48. The third kappa shape index (κ3) is 4.92. The number of hydrogen-bond donors (Lipinski definition) is 4. The first kappa shape index (κ1) is 19.1. The number of benzene rings is 2. The van der Waals surface area contributed by atoms with E-state index >= 15 is 0 Å². The first-order valence-corrected chi connectivity index (χ1v) is 9.09. The van der Waals surface area contributed by atoms with E-state index in [1.54, 1.807) is 41.8 Å². The van der Waals surface area contributed by atoms with Crippen LogP contribution in [0.4, 0.5) is 5.13 Å². The number of hydrazine groups is 1. The minimum absolute atomic E-state index is 0.0439. The largest absolute Gasteiger partial charge is 0.507 e. The number of amides is 3. The zero-order chi connectivity index (χ0) is 19.9. The van der Waals surface area contributed by atoms with Crippen molar-refractivity contribution in [2.45, 2.75) is 6.42 Å². The Bertz CT molecular complexity index is 1000. The van der Waals surface area contributed by atoms with E-state index in [4.69, 9.17) is 0 Å². The summed E-state index contributed by atoms with van der Waals surface area (Å²) in [6, 6.07) is 14.7. The van der Waals surface area contributed by atoms with Crippen LogP contribution >= 0.6 is 11.3 Å². The van der Waals surface area contributed by atoms with Gasteiger partial charge in [-0.1, -0.05) is 30.3 Å². The highest BCUT2D eigenvalue weighted by Gasteiger charge is 2.13. The lowest BCUT2D eigenvalue weighted by Gasteiger charge is -2.07. The van der Waals surface area contributed by atoms with Crippen LogP contribution in [-0.2, 0) is 11.2 Å². The molecule has 1 heterocycles. The Labute approximate surface area is 164 Å². The molecule has 0 spiro atoms. The number of anilines is 1. The lowest BCUT2D eigenvalue weighted by molar-refractivity contribution is -0.121. The monoisotopic (exact) mass is 396 g/mol. The molecular weight excluding hydrogens is 380 g/mol. The van der Waals surface area contributed by atoms with Gasteiger partial charge in [-0.2, -0.15) is 0 Å². The Morgan fingerprint density at radius 3 is 2.39 bits per heavy atom. The fraction of sp³-hybridized carbons (Fsp3) is 0.0526. The first-order valence-electron chi connectivity index (χ1n) is 8.21. The van der Waals surface area contributed by atoms with Crippen molar-refractivity contribution in [2.75, 3.05) is 5.32 Å². The number of nitrogens with one attached hydrogen (secondary N) is 3. The van der Waals surface area contributed by atoms with E-state index in [0.29, 0.717) is 16.4 Å². The first-order chi connectivity index (χ1) is 13.5. The summed E-state index contributed by atoms with van der Waals surface area (Å²) in [6.07, 6.45) is -0.0846. The third-order valence-electron chi connectivity index (χ3n) is 3.61. The summed E-state index contributed by atoms with van der Waals surface area (Å²) < 4.78 is 0. The molecule has 0 saturated heterocycles. The molecular formula is C19H16N4O4S. The standard InChI is InChI=1S/C19H16N4O4S/c24-15-9-5-4-8-14(15)18(27)23-22-16(25)10-13-11-28-19(20-13)21-17(26)12-6-2-1-3-7-12/h1-9,11,24H,10H2,(H,22,25)(H,23,27)(H,20,21,26). The molecule has 0 unspecified atom stereocenters. The van der Waals surface area contributed by atoms with Gasteiger partial charge in [0.1, 0.15) is 5.75 Å². The number of aromatic hydroxyl groups is 1. The average Bonchev–Trinajstić information content (AvgIpc) is 3.13. The number of phenols is 1. The molecule has 0 fully saturated rings. The van der Waals surface area contributed by atoms with E-state index in [1.165, 1.54) is 23.5 Å². The van der Waals surface area contributed by atoms with Crippen molar-refractivity contribution in [1.82, 2.24) is 15.8 Å². The van der Waals surface area contributed by atoms with Gasteiger partial charge in [0.25, 0.3) is 11.8 Å². The van der Waals surface area contributed by atoms with Crippen molar-refractivity contribution in [2.24, 2.45) is 0 Å². The summed E-state index contributed by atoms with van der Waals surface area (Å²) in [5, 5.41) is 14.3. The van der Waals surface area contributed by atoms with Gasteiger partial charge in [0.05, 0.1) is 17.7 Å². The van der Waals surface area contributed by atoms with Crippen LogP contribution in [0, 0.1) is 0 Å². The quantitative estimate of drug-likeness (QED) is 0.492. The molecule has 4 N–H and O–H groups in total. The Kier molecular flexibility index (Phi) is 5.97. The second-order valence-electron chi connectivity index (χ2n) is 5.66. The Balaban J connectivity index is 1.51. The number of carbonyl (C=O) groups excluding carboxylic acids is 3. The highest BCUT2D eigenvalue weighted by Crippen LogP contribution is 2.17. The minimum atomic E-state index is -0.638. The summed E-state index contributed by atoms with van der Waals surface area (Å²) >= 11 is 1.19. The van der Waals surface area contributed by atoms with Crippen LogP contribution < -0.4 is 16.2 Å². The van der Waals surface area contributed by atoms with Crippen LogP contribution in [0.15, 0.2) is 60.0 Å². The van der Waals surface area contributed by atoms with Gasteiger partial charge in [0, 0.05) is 10.9 Å². The van der Waals surface area contributed by atoms with Crippen molar-refractivity contribution in [1.29, 1.82) is 0 Å². The van der Waals surface area contributed by atoms with E-state index in [0.717, 1.165) is 0 Å². The summed E-state index contributed by atoms with van der Waals surface area (Å²) in [4.78, 5) is 40.2. The summed E-state index contributed by atoms with van der Waals surface area (Å²) in [7, 11) is 0. The molecule has 3 aromatic rings. The minimum Gasteiger partial charge on any atom is -0.507 e. The zero-order valence-corrected chi connectivity index (χ0v) is 15.3. The zero-order valence-electron chi connectivity index (χ0n) is 14.5. The molecule has 0 aliphatic carbocycles. The van der Waals surface area contributed by atoms with Gasteiger partial charge in [-0.05, 0) is 24.3 Å². The fourth-order valence-corrected chi connectivity index (χ4v) is 2.98. The van der Waals surface area contributed by atoms with Crippen LogP contribution in [0.2, 0.25) is 0 Å². The van der Waals surface area contributed by atoms with Crippen molar-refractivity contribution in [3.8, 4) is 5.75 Å². The Hall–Kier alpha value is -3.72. The van der Waals surface area contributed by atoms with E-state index in [1.807, 2.05) is 6.07 Å². The molecule has 0 aliphatic rings. The lowest BCUT2D eigenvalue weighted by Crippen LogP contribution is -2.42. The highest BCUT2D eigenvalue weighted by molar-refractivity contribution is 7.14. The van der Waals surface area contributed by atoms with Crippen molar-refractivity contribution < 1.29 is 19.5 Å². The molecule has 0 atom stereocenters. The molecule has 0 bridgehead atoms. The molecule has 142 valence electrons. The van der Waals surface area contributed by atoms with Gasteiger partial charge in [-0.15, -0.1) is 11.3 Å².